The lowest BCUT2D eigenvalue weighted by atomic mass is 10.1. The molecule has 0 bridgehead atoms. The average molecular weight is 358 g/mol. The molecule has 1 amide bonds. The molecule has 8 heteroatoms. The molecule has 1 N–H and O–H groups in total. The number of aromatic hydroxyl groups is 1. The zero-order chi connectivity index (χ0) is 19.1. The smallest absolute Gasteiger partial charge is 0.311 e. The van der Waals surface area contributed by atoms with E-state index in [1.54, 1.807) is 17.3 Å². The Morgan fingerprint density at radius 2 is 1.73 bits per heavy atom. The van der Waals surface area contributed by atoms with E-state index in [0.29, 0.717) is 26.2 Å². The third-order valence-electron chi connectivity index (χ3n) is 4.04. The summed E-state index contributed by atoms with van der Waals surface area (Å²) < 4.78 is 0. The Morgan fingerprint density at radius 3 is 2.31 bits per heavy atom. The van der Waals surface area contributed by atoms with E-state index in [1.165, 1.54) is 18.2 Å². The van der Waals surface area contributed by atoms with Crippen LogP contribution in [0.25, 0.3) is 0 Å². The fourth-order valence-electron chi connectivity index (χ4n) is 2.74. The number of carbonyl (C=O) groups excluding carboxylic acids is 1. The molecule has 1 aliphatic rings. The maximum atomic E-state index is 12.6. The minimum Gasteiger partial charge on any atom is -0.502 e. The highest BCUT2D eigenvalue weighted by Crippen LogP contribution is 2.30. The molecule has 0 spiro atoms. The minimum atomic E-state index is -0.701. The summed E-state index contributed by atoms with van der Waals surface area (Å²) in [5, 5.41) is 20.9. The number of phenolic OH excluding ortho intramolecular Hbond substituents is 1. The van der Waals surface area contributed by atoms with E-state index < -0.39 is 22.3 Å². The van der Waals surface area contributed by atoms with Crippen LogP contribution in [0.1, 0.15) is 24.2 Å². The van der Waals surface area contributed by atoms with Crippen LogP contribution in [0.3, 0.4) is 0 Å². The van der Waals surface area contributed by atoms with E-state index in [-0.39, 0.29) is 5.56 Å². The van der Waals surface area contributed by atoms with Gasteiger partial charge in [0.2, 0.25) is 5.75 Å². The first-order valence-electron chi connectivity index (χ1n) is 8.48. The summed E-state index contributed by atoms with van der Waals surface area (Å²) in [7, 11) is 0. The number of nitrogens with zero attached hydrogens (tertiary/aromatic N) is 4. The number of nitro groups is 1. The van der Waals surface area contributed by atoms with Crippen molar-refractivity contribution >= 4 is 17.3 Å². The predicted octanol–water partition coefficient (Wildman–Crippen LogP) is 2.68. The van der Waals surface area contributed by atoms with E-state index in [2.05, 4.69) is 9.88 Å². The SMILES string of the molecule is CC.O=C(c1cccc([N+](=O)[O-])c1O)N1CCN(c2ccncc2)CC1. The fourth-order valence-corrected chi connectivity index (χ4v) is 2.74. The zero-order valence-corrected chi connectivity index (χ0v) is 14.8. The van der Waals surface area contributed by atoms with E-state index in [0.717, 1.165) is 5.69 Å². The molecule has 2 heterocycles. The fraction of sp³-hybridized carbons (Fsp3) is 0.333. The van der Waals surface area contributed by atoms with Crippen molar-refractivity contribution < 1.29 is 14.8 Å². The molecule has 1 aromatic heterocycles. The number of anilines is 1. The first kappa shape index (κ1) is 19.2. The van der Waals surface area contributed by atoms with Gasteiger partial charge in [-0.15, -0.1) is 0 Å². The quantitative estimate of drug-likeness (QED) is 0.669. The summed E-state index contributed by atoms with van der Waals surface area (Å²) in [5.74, 6) is -0.977. The summed E-state index contributed by atoms with van der Waals surface area (Å²) in [6.07, 6.45) is 3.43. The largest absolute Gasteiger partial charge is 0.502 e. The van der Waals surface area contributed by atoms with Gasteiger partial charge in [0.25, 0.3) is 5.91 Å². The minimum absolute atomic E-state index is 0.0402. The third kappa shape index (κ3) is 4.08. The lowest BCUT2D eigenvalue weighted by Crippen LogP contribution is -2.48. The number of rotatable bonds is 3. The Hall–Kier alpha value is -3.16. The molecule has 1 aliphatic heterocycles. The summed E-state index contributed by atoms with van der Waals surface area (Å²) in [6.45, 7) is 6.24. The van der Waals surface area contributed by atoms with Crippen molar-refractivity contribution in [2.75, 3.05) is 31.1 Å². The second-order valence-electron chi connectivity index (χ2n) is 5.42. The molecule has 1 fully saturated rings. The van der Waals surface area contributed by atoms with Crippen LogP contribution in [0.2, 0.25) is 0 Å². The summed E-state index contributed by atoms with van der Waals surface area (Å²) in [6, 6.07) is 7.79. The number of amides is 1. The lowest BCUT2D eigenvalue weighted by molar-refractivity contribution is -0.385. The van der Waals surface area contributed by atoms with E-state index >= 15 is 0 Å². The van der Waals surface area contributed by atoms with Crippen molar-refractivity contribution in [2.24, 2.45) is 0 Å². The first-order chi connectivity index (χ1) is 12.6. The zero-order valence-electron chi connectivity index (χ0n) is 14.8. The Bertz CT molecular complexity index is 759. The highest BCUT2D eigenvalue weighted by Gasteiger charge is 2.27. The van der Waals surface area contributed by atoms with Crippen LogP contribution in [0, 0.1) is 10.1 Å². The molecular formula is C18H22N4O4. The average Bonchev–Trinajstić information content (AvgIpc) is 2.70. The molecule has 1 aromatic carbocycles. The van der Waals surface area contributed by atoms with Crippen molar-refractivity contribution in [2.45, 2.75) is 13.8 Å². The van der Waals surface area contributed by atoms with Crippen LogP contribution in [-0.2, 0) is 0 Å². The second kappa shape index (κ2) is 8.80. The lowest BCUT2D eigenvalue weighted by Gasteiger charge is -2.36. The van der Waals surface area contributed by atoms with Gasteiger partial charge >= 0.3 is 5.69 Å². The van der Waals surface area contributed by atoms with Gasteiger partial charge in [-0.2, -0.15) is 0 Å². The highest BCUT2D eigenvalue weighted by atomic mass is 16.6. The van der Waals surface area contributed by atoms with Crippen molar-refractivity contribution in [1.82, 2.24) is 9.88 Å². The van der Waals surface area contributed by atoms with Crippen LogP contribution in [0.15, 0.2) is 42.7 Å². The first-order valence-corrected chi connectivity index (χ1v) is 8.48. The molecule has 0 atom stereocenters. The number of benzene rings is 1. The topological polar surface area (TPSA) is 99.8 Å². The Kier molecular flexibility index (Phi) is 6.48. The molecule has 0 unspecified atom stereocenters. The van der Waals surface area contributed by atoms with Crippen LogP contribution in [0.5, 0.6) is 5.75 Å². The second-order valence-corrected chi connectivity index (χ2v) is 5.42. The summed E-state index contributed by atoms with van der Waals surface area (Å²) >= 11 is 0. The number of piperazine rings is 1. The van der Waals surface area contributed by atoms with Crippen LogP contribution < -0.4 is 4.90 Å². The molecule has 3 rings (SSSR count). The van der Waals surface area contributed by atoms with Crippen LogP contribution in [-0.4, -0.2) is 52.0 Å². The van der Waals surface area contributed by atoms with Gasteiger partial charge in [-0.1, -0.05) is 19.9 Å². The van der Waals surface area contributed by atoms with Crippen molar-refractivity contribution in [3.63, 3.8) is 0 Å². The van der Waals surface area contributed by atoms with Gasteiger partial charge in [0.15, 0.2) is 0 Å². The van der Waals surface area contributed by atoms with Crippen molar-refractivity contribution in [3.8, 4) is 5.75 Å². The highest BCUT2D eigenvalue weighted by molar-refractivity contribution is 5.98. The maximum absolute atomic E-state index is 12.6. The van der Waals surface area contributed by atoms with E-state index in [1.807, 2.05) is 26.0 Å². The Labute approximate surface area is 151 Å². The van der Waals surface area contributed by atoms with Gasteiger partial charge in [-0.25, -0.2) is 0 Å². The predicted molar refractivity (Wildman–Crippen MR) is 98.5 cm³/mol. The Balaban J connectivity index is 0.00000117. The van der Waals surface area contributed by atoms with Gasteiger partial charge < -0.3 is 14.9 Å². The molecule has 0 aliphatic carbocycles. The van der Waals surface area contributed by atoms with Gasteiger partial charge in [0.05, 0.1) is 10.5 Å². The number of hydrogen-bond acceptors (Lipinski definition) is 6. The van der Waals surface area contributed by atoms with Crippen molar-refractivity contribution in [3.05, 3.63) is 58.4 Å². The Morgan fingerprint density at radius 1 is 1.12 bits per heavy atom. The van der Waals surface area contributed by atoms with Crippen LogP contribution >= 0.6 is 0 Å². The van der Waals surface area contributed by atoms with Gasteiger partial charge in [0, 0.05) is 50.3 Å². The molecule has 1 saturated heterocycles. The molecule has 0 radical (unpaired) electrons. The summed E-state index contributed by atoms with van der Waals surface area (Å²) in [5.41, 5.74) is 0.535. The number of hydrogen-bond donors (Lipinski definition) is 1. The molecule has 0 saturated carbocycles. The normalized spacial score (nSPS) is 13.6. The van der Waals surface area contributed by atoms with Crippen molar-refractivity contribution in [1.29, 1.82) is 0 Å². The third-order valence-corrected chi connectivity index (χ3v) is 4.04. The standard InChI is InChI=1S/C16H16N4O4.C2H6/c21-15-13(2-1-3-14(15)20(23)24)16(22)19-10-8-18(9-11-19)12-4-6-17-7-5-12;1-2/h1-7,21H,8-11H2;1-2H3. The van der Waals surface area contributed by atoms with Gasteiger partial charge in [0.1, 0.15) is 0 Å². The van der Waals surface area contributed by atoms with E-state index in [4.69, 9.17) is 0 Å². The van der Waals surface area contributed by atoms with E-state index in [9.17, 15) is 20.0 Å². The molecule has 26 heavy (non-hydrogen) atoms. The molecule has 138 valence electrons. The number of para-hydroxylation sites is 1. The molecular weight excluding hydrogens is 336 g/mol. The molecule has 2 aromatic rings. The number of phenols is 1. The van der Waals surface area contributed by atoms with Gasteiger partial charge in [-0.3, -0.25) is 19.9 Å². The van der Waals surface area contributed by atoms with Crippen LogP contribution in [0.4, 0.5) is 11.4 Å². The monoisotopic (exact) mass is 358 g/mol. The number of nitro benzene ring substituents is 1. The maximum Gasteiger partial charge on any atom is 0.311 e. The number of carbonyl (C=O) groups is 1. The van der Waals surface area contributed by atoms with Gasteiger partial charge in [-0.05, 0) is 18.2 Å². The molecule has 8 nitrogen and oxygen atoms in total. The number of pyridine rings is 1. The summed E-state index contributed by atoms with van der Waals surface area (Å²) in [4.78, 5) is 30.4. The number of aromatic nitrogens is 1.